The van der Waals surface area contributed by atoms with Crippen LogP contribution in [0.3, 0.4) is 0 Å². The molecule has 26 heavy (non-hydrogen) atoms. The van der Waals surface area contributed by atoms with Crippen molar-refractivity contribution in [1.82, 2.24) is 4.98 Å². The van der Waals surface area contributed by atoms with E-state index in [0.29, 0.717) is 6.54 Å². The summed E-state index contributed by atoms with van der Waals surface area (Å²) in [5.41, 5.74) is 3.46. The fourth-order valence-electron chi connectivity index (χ4n) is 2.96. The summed E-state index contributed by atoms with van der Waals surface area (Å²) in [7, 11) is 0. The van der Waals surface area contributed by atoms with Crippen molar-refractivity contribution in [2.75, 3.05) is 28.6 Å². The predicted molar refractivity (Wildman–Crippen MR) is 105 cm³/mol. The van der Waals surface area contributed by atoms with Crippen LogP contribution in [0.15, 0.2) is 36.5 Å². The lowest BCUT2D eigenvalue weighted by atomic mass is 10.1. The van der Waals surface area contributed by atoms with E-state index in [9.17, 15) is 4.79 Å². The van der Waals surface area contributed by atoms with Gasteiger partial charge in [-0.05, 0) is 70.0 Å². The number of amides is 1. The lowest BCUT2D eigenvalue weighted by Gasteiger charge is -2.24. The van der Waals surface area contributed by atoms with Crippen LogP contribution >= 0.6 is 0 Å². The number of carbonyl (C=O) groups excluding carboxylic acids is 1. The summed E-state index contributed by atoms with van der Waals surface area (Å²) < 4.78 is 5.50. The molecule has 2 aromatic rings. The van der Waals surface area contributed by atoms with Crippen LogP contribution in [-0.2, 0) is 11.2 Å². The summed E-state index contributed by atoms with van der Waals surface area (Å²) in [6.45, 7) is 9.16. The third-order valence-electron chi connectivity index (χ3n) is 4.03. The minimum atomic E-state index is -0.497. The molecule has 1 aliphatic heterocycles. The van der Waals surface area contributed by atoms with Gasteiger partial charge < -0.3 is 15.4 Å². The third-order valence-corrected chi connectivity index (χ3v) is 4.03. The Labute approximate surface area is 154 Å². The van der Waals surface area contributed by atoms with Crippen molar-refractivity contribution in [2.24, 2.45) is 0 Å². The number of benzene rings is 1. The number of nitrogens with one attached hydrogen (secondary N) is 2. The summed E-state index contributed by atoms with van der Waals surface area (Å²) in [6, 6.07) is 9.90. The number of fused-ring (bicyclic) bond motifs is 1. The van der Waals surface area contributed by atoms with Gasteiger partial charge in [-0.3, -0.25) is 4.90 Å². The topological polar surface area (TPSA) is 66.5 Å². The van der Waals surface area contributed by atoms with E-state index in [4.69, 9.17) is 4.74 Å². The molecule has 0 saturated carbocycles. The SMILES string of the molecule is CCNc1cccnc1Nc1ccc2c(c1)CCN2C(=O)OC(C)(C)C. The highest BCUT2D eigenvalue weighted by Crippen LogP contribution is 2.33. The average Bonchev–Trinajstić information content (AvgIpc) is 2.99. The highest BCUT2D eigenvalue weighted by Gasteiger charge is 2.29. The third kappa shape index (κ3) is 4.07. The molecule has 0 unspecified atom stereocenters. The minimum absolute atomic E-state index is 0.295. The second kappa shape index (κ2) is 7.23. The minimum Gasteiger partial charge on any atom is -0.443 e. The Hall–Kier alpha value is -2.76. The highest BCUT2D eigenvalue weighted by atomic mass is 16.6. The van der Waals surface area contributed by atoms with Crippen LogP contribution in [-0.4, -0.2) is 29.8 Å². The van der Waals surface area contributed by atoms with Crippen LogP contribution in [0.4, 0.5) is 27.7 Å². The van der Waals surface area contributed by atoms with Crippen molar-refractivity contribution >= 4 is 29.0 Å². The van der Waals surface area contributed by atoms with Crippen molar-refractivity contribution in [2.45, 2.75) is 39.7 Å². The zero-order chi connectivity index (χ0) is 18.7. The largest absolute Gasteiger partial charge is 0.443 e. The van der Waals surface area contributed by atoms with Gasteiger partial charge >= 0.3 is 6.09 Å². The molecule has 2 heterocycles. The molecule has 2 N–H and O–H groups in total. The molecule has 3 rings (SSSR count). The van der Waals surface area contributed by atoms with Crippen molar-refractivity contribution in [3.63, 3.8) is 0 Å². The van der Waals surface area contributed by atoms with Gasteiger partial charge in [-0.2, -0.15) is 0 Å². The smallest absolute Gasteiger partial charge is 0.414 e. The van der Waals surface area contributed by atoms with Crippen molar-refractivity contribution in [3.05, 3.63) is 42.1 Å². The fourth-order valence-corrected chi connectivity index (χ4v) is 2.96. The van der Waals surface area contributed by atoms with Gasteiger partial charge in [0.15, 0.2) is 5.82 Å². The summed E-state index contributed by atoms with van der Waals surface area (Å²) in [5.74, 6) is 0.788. The summed E-state index contributed by atoms with van der Waals surface area (Å²) >= 11 is 0. The number of ether oxygens (including phenoxy) is 1. The maximum absolute atomic E-state index is 12.4. The van der Waals surface area contributed by atoms with E-state index in [1.165, 1.54) is 0 Å². The maximum atomic E-state index is 12.4. The number of nitrogens with zero attached hydrogens (tertiary/aromatic N) is 2. The van der Waals surface area contributed by atoms with Crippen LogP contribution in [0.1, 0.15) is 33.3 Å². The number of pyridine rings is 1. The van der Waals surface area contributed by atoms with Gasteiger partial charge in [-0.1, -0.05) is 0 Å². The number of rotatable bonds is 4. The molecular formula is C20H26N4O2. The second-order valence-corrected chi connectivity index (χ2v) is 7.28. The van der Waals surface area contributed by atoms with E-state index in [-0.39, 0.29) is 6.09 Å². The Balaban J connectivity index is 1.78. The van der Waals surface area contributed by atoms with Crippen LogP contribution in [0.5, 0.6) is 0 Å². The Bertz CT molecular complexity index is 799. The van der Waals surface area contributed by atoms with E-state index in [2.05, 4.69) is 28.6 Å². The van der Waals surface area contributed by atoms with E-state index >= 15 is 0 Å². The first-order chi connectivity index (χ1) is 12.4. The van der Waals surface area contributed by atoms with Gasteiger partial charge in [-0.25, -0.2) is 9.78 Å². The molecule has 0 spiro atoms. The lowest BCUT2D eigenvalue weighted by molar-refractivity contribution is 0.0584. The molecule has 0 radical (unpaired) electrons. The molecule has 0 saturated heterocycles. The van der Waals surface area contributed by atoms with Crippen LogP contribution in [0.2, 0.25) is 0 Å². The van der Waals surface area contributed by atoms with Crippen molar-refractivity contribution in [1.29, 1.82) is 0 Å². The van der Waals surface area contributed by atoms with Crippen LogP contribution < -0.4 is 15.5 Å². The monoisotopic (exact) mass is 354 g/mol. The van der Waals surface area contributed by atoms with Gasteiger partial charge in [0.05, 0.1) is 11.4 Å². The predicted octanol–water partition coefficient (Wildman–Crippen LogP) is 4.55. The number of hydrogen-bond donors (Lipinski definition) is 2. The molecule has 0 atom stereocenters. The molecular weight excluding hydrogens is 328 g/mol. The first-order valence-electron chi connectivity index (χ1n) is 8.97. The van der Waals surface area contributed by atoms with Crippen LogP contribution in [0.25, 0.3) is 0 Å². The Morgan fingerprint density at radius 2 is 2.12 bits per heavy atom. The Morgan fingerprint density at radius 1 is 1.31 bits per heavy atom. The molecule has 138 valence electrons. The zero-order valence-corrected chi connectivity index (χ0v) is 15.8. The average molecular weight is 354 g/mol. The quantitative estimate of drug-likeness (QED) is 0.843. The number of hydrogen-bond acceptors (Lipinski definition) is 5. The first-order valence-corrected chi connectivity index (χ1v) is 8.97. The van der Waals surface area contributed by atoms with E-state index in [0.717, 1.165) is 41.4 Å². The first kappa shape index (κ1) is 18.0. The number of carbonyl (C=O) groups is 1. The van der Waals surface area contributed by atoms with E-state index < -0.39 is 5.60 Å². The van der Waals surface area contributed by atoms with E-state index in [1.807, 2.05) is 45.0 Å². The molecule has 1 aromatic heterocycles. The van der Waals surface area contributed by atoms with Crippen molar-refractivity contribution < 1.29 is 9.53 Å². The molecule has 1 aliphatic rings. The molecule has 6 heteroatoms. The van der Waals surface area contributed by atoms with Gasteiger partial charge in [0.2, 0.25) is 0 Å². The summed E-state index contributed by atoms with van der Waals surface area (Å²) in [4.78, 5) is 18.5. The number of aromatic nitrogens is 1. The van der Waals surface area contributed by atoms with Crippen LogP contribution in [0, 0.1) is 0 Å². The van der Waals surface area contributed by atoms with Gasteiger partial charge in [0.25, 0.3) is 0 Å². The Kier molecular flexibility index (Phi) is 5.02. The summed E-state index contributed by atoms with van der Waals surface area (Å²) in [6.07, 6.45) is 2.28. The Morgan fingerprint density at radius 3 is 2.85 bits per heavy atom. The fraction of sp³-hybridized carbons (Fsp3) is 0.400. The molecule has 1 aromatic carbocycles. The van der Waals surface area contributed by atoms with E-state index in [1.54, 1.807) is 11.1 Å². The summed E-state index contributed by atoms with van der Waals surface area (Å²) in [5, 5.41) is 6.66. The number of anilines is 4. The maximum Gasteiger partial charge on any atom is 0.414 e. The highest BCUT2D eigenvalue weighted by molar-refractivity contribution is 5.91. The molecule has 0 aliphatic carbocycles. The van der Waals surface area contributed by atoms with Crippen molar-refractivity contribution in [3.8, 4) is 0 Å². The second-order valence-electron chi connectivity index (χ2n) is 7.28. The lowest BCUT2D eigenvalue weighted by Crippen LogP contribution is -2.35. The molecule has 0 bridgehead atoms. The zero-order valence-electron chi connectivity index (χ0n) is 15.8. The van der Waals surface area contributed by atoms with Gasteiger partial charge in [0, 0.05) is 25.0 Å². The standard InChI is InChI=1S/C20H26N4O2/c1-5-21-16-7-6-11-22-18(16)23-15-8-9-17-14(13-15)10-12-24(17)19(25)26-20(2,3)4/h6-9,11,13,21H,5,10,12H2,1-4H3,(H,22,23). The van der Waals surface area contributed by atoms with Gasteiger partial charge in [-0.15, -0.1) is 0 Å². The van der Waals surface area contributed by atoms with Gasteiger partial charge in [0.1, 0.15) is 5.60 Å². The normalized spacial score (nSPS) is 13.3. The molecule has 1 amide bonds. The molecule has 6 nitrogen and oxygen atoms in total. The molecule has 0 fully saturated rings.